The van der Waals surface area contributed by atoms with Crippen molar-refractivity contribution < 1.29 is 14.3 Å². The number of amides is 1. The van der Waals surface area contributed by atoms with E-state index in [2.05, 4.69) is 15.0 Å². The number of nitrogens with zero attached hydrogens (tertiary/aromatic N) is 4. The van der Waals surface area contributed by atoms with Crippen molar-refractivity contribution in [2.75, 3.05) is 26.3 Å². The van der Waals surface area contributed by atoms with Crippen LogP contribution in [-0.4, -0.2) is 57.7 Å². The van der Waals surface area contributed by atoms with E-state index in [1.54, 1.807) is 29.6 Å². The zero-order valence-electron chi connectivity index (χ0n) is 15.3. The molecule has 0 aromatic carbocycles. The van der Waals surface area contributed by atoms with E-state index in [4.69, 9.17) is 9.47 Å². The molecule has 27 heavy (non-hydrogen) atoms. The Hall–Kier alpha value is -2.38. The summed E-state index contributed by atoms with van der Waals surface area (Å²) in [5.41, 5.74) is 0.897. The number of aromatic nitrogens is 3. The normalized spacial score (nSPS) is 21.0. The van der Waals surface area contributed by atoms with Gasteiger partial charge in [0.25, 0.3) is 5.91 Å². The van der Waals surface area contributed by atoms with Crippen molar-refractivity contribution in [1.82, 2.24) is 19.9 Å². The van der Waals surface area contributed by atoms with Gasteiger partial charge in [0, 0.05) is 38.0 Å². The fraction of sp³-hybridized carbons (Fsp3) is 0.500. The highest BCUT2D eigenvalue weighted by Crippen LogP contribution is 2.38. The second kappa shape index (κ2) is 8.10. The predicted octanol–water partition coefficient (Wildman–Crippen LogP) is 2.10. The number of likely N-dealkylation sites (tertiary alicyclic amines) is 1. The average molecular weight is 368 g/mol. The standard InChI is InChI=1S/C20H24N4O3/c25-19(18-22-7-2-8-23-18)24-14-20(15-24)11-16(5-10-27-20)4-9-26-13-17-3-1-6-21-12-17/h1-3,6-8,12,16H,4-5,9-11,13-15H2/t16-/m0/s1. The van der Waals surface area contributed by atoms with Crippen molar-refractivity contribution >= 4 is 5.91 Å². The van der Waals surface area contributed by atoms with Gasteiger partial charge in [-0.2, -0.15) is 0 Å². The second-order valence-corrected chi connectivity index (χ2v) is 7.33. The van der Waals surface area contributed by atoms with Gasteiger partial charge in [-0.1, -0.05) is 6.07 Å². The lowest BCUT2D eigenvalue weighted by molar-refractivity contribution is -0.167. The van der Waals surface area contributed by atoms with Gasteiger partial charge in [0.15, 0.2) is 0 Å². The molecule has 4 rings (SSSR count). The molecule has 0 radical (unpaired) electrons. The van der Waals surface area contributed by atoms with Crippen LogP contribution in [0.1, 0.15) is 35.4 Å². The van der Waals surface area contributed by atoms with Crippen molar-refractivity contribution in [2.45, 2.75) is 31.5 Å². The molecule has 0 unspecified atom stereocenters. The van der Waals surface area contributed by atoms with Gasteiger partial charge in [0.05, 0.1) is 19.7 Å². The molecular formula is C20H24N4O3. The van der Waals surface area contributed by atoms with Crippen LogP contribution in [0.25, 0.3) is 0 Å². The first kappa shape index (κ1) is 18.0. The minimum absolute atomic E-state index is 0.119. The SMILES string of the molecule is O=C(c1ncccn1)N1CC2(C[C@@H](CCOCc3cccnc3)CCO2)C1. The lowest BCUT2D eigenvalue weighted by Crippen LogP contribution is -2.66. The molecule has 4 heterocycles. The van der Waals surface area contributed by atoms with E-state index in [9.17, 15) is 4.79 Å². The van der Waals surface area contributed by atoms with Crippen LogP contribution in [0.5, 0.6) is 0 Å². The number of rotatable bonds is 6. The second-order valence-electron chi connectivity index (χ2n) is 7.33. The van der Waals surface area contributed by atoms with Crippen molar-refractivity contribution in [2.24, 2.45) is 5.92 Å². The third-order valence-electron chi connectivity index (χ3n) is 5.26. The van der Waals surface area contributed by atoms with E-state index >= 15 is 0 Å². The third-order valence-corrected chi connectivity index (χ3v) is 5.26. The van der Waals surface area contributed by atoms with Crippen molar-refractivity contribution in [3.05, 3.63) is 54.4 Å². The summed E-state index contributed by atoms with van der Waals surface area (Å²) in [6.07, 6.45) is 9.82. The molecule has 7 nitrogen and oxygen atoms in total. The number of hydrogen-bond acceptors (Lipinski definition) is 6. The smallest absolute Gasteiger partial charge is 0.291 e. The topological polar surface area (TPSA) is 77.4 Å². The number of ether oxygens (including phenoxy) is 2. The molecule has 1 spiro atoms. The summed E-state index contributed by atoms with van der Waals surface area (Å²) >= 11 is 0. The van der Waals surface area contributed by atoms with Gasteiger partial charge >= 0.3 is 0 Å². The molecule has 1 amide bonds. The van der Waals surface area contributed by atoms with Crippen LogP contribution >= 0.6 is 0 Å². The average Bonchev–Trinajstić information content (AvgIpc) is 2.70. The minimum atomic E-state index is -0.198. The molecule has 0 aliphatic carbocycles. The lowest BCUT2D eigenvalue weighted by atomic mass is 9.79. The lowest BCUT2D eigenvalue weighted by Gasteiger charge is -2.53. The molecule has 2 aliphatic rings. The molecule has 2 aliphatic heterocycles. The van der Waals surface area contributed by atoms with Crippen LogP contribution in [0, 0.1) is 5.92 Å². The molecule has 2 fully saturated rings. The van der Waals surface area contributed by atoms with Gasteiger partial charge in [0.1, 0.15) is 5.60 Å². The van der Waals surface area contributed by atoms with Crippen LogP contribution in [0.3, 0.4) is 0 Å². The maximum absolute atomic E-state index is 12.4. The fourth-order valence-corrected chi connectivity index (χ4v) is 3.86. The fourth-order valence-electron chi connectivity index (χ4n) is 3.86. The molecule has 0 N–H and O–H groups in total. The molecule has 7 heteroatoms. The third kappa shape index (κ3) is 4.31. The van der Waals surface area contributed by atoms with E-state index in [1.165, 1.54) is 0 Å². The summed E-state index contributed by atoms with van der Waals surface area (Å²) in [5, 5.41) is 0. The quantitative estimate of drug-likeness (QED) is 0.727. The first-order valence-electron chi connectivity index (χ1n) is 9.41. The molecule has 0 saturated carbocycles. The molecule has 2 aromatic rings. The van der Waals surface area contributed by atoms with E-state index in [-0.39, 0.29) is 17.3 Å². The maximum Gasteiger partial charge on any atom is 0.291 e. The largest absolute Gasteiger partial charge is 0.377 e. The molecule has 2 aromatic heterocycles. The van der Waals surface area contributed by atoms with Crippen LogP contribution in [0.2, 0.25) is 0 Å². The Morgan fingerprint density at radius 2 is 2.11 bits per heavy atom. The summed E-state index contributed by atoms with van der Waals surface area (Å²) in [6.45, 7) is 3.32. The summed E-state index contributed by atoms with van der Waals surface area (Å²) in [6, 6.07) is 5.65. The van der Waals surface area contributed by atoms with Gasteiger partial charge in [-0.3, -0.25) is 9.78 Å². The Kier molecular flexibility index (Phi) is 5.40. The van der Waals surface area contributed by atoms with Crippen LogP contribution in [-0.2, 0) is 16.1 Å². The minimum Gasteiger partial charge on any atom is -0.377 e. The van der Waals surface area contributed by atoms with Crippen molar-refractivity contribution in [1.29, 1.82) is 0 Å². The number of hydrogen-bond donors (Lipinski definition) is 0. The van der Waals surface area contributed by atoms with Crippen molar-refractivity contribution in [3.63, 3.8) is 0 Å². The van der Waals surface area contributed by atoms with E-state index in [0.717, 1.165) is 38.0 Å². The zero-order chi connectivity index (χ0) is 18.5. The molecule has 1 atom stereocenters. The molecule has 2 saturated heterocycles. The molecular weight excluding hydrogens is 344 g/mol. The van der Waals surface area contributed by atoms with Gasteiger partial charge in [0.2, 0.25) is 5.82 Å². The predicted molar refractivity (Wildman–Crippen MR) is 97.9 cm³/mol. The van der Waals surface area contributed by atoms with Gasteiger partial charge < -0.3 is 14.4 Å². The first-order chi connectivity index (χ1) is 13.2. The van der Waals surface area contributed by atoms with Gasteiger partial charge in [-0.25, -0.2) is 9.97 Å². The number of pyridine rings is 1. The van der Waals surface area contributed by atoms with Gasteiger partial charge in [-0.05, 0) is 42.9 Å². The molecule has 142 valence electrons. The molecule has 0 bridgehead atoms. The maximum atomic E-state index is 12.4. The van der Waals surface area contributed by atoms with E-state index in [1.807, 2.05) is 18.3 Å². The Morgan fingerprint density at radius 3 is 2.89 bits per heavy atom. The van der Waals surface area contributed by atoms with E-state index < -0.39 is 0 Å². The Morgan fingerprint density at radius 1 is 1.26 bits per heavy atom. The summed E-state index contributed by atoms with van der Waals surface area (Å²) in [4.78, 5) is 26.4. The van der Waals surface area contributed by atoms with Crippen LogP contribution in [0.4, 0.5) is 0 Å². The summed E-state index contributed by atoms with van der Waals surface area (Å²) in [7, 11) is 0. The van der Waals surface area contributed by atoms with E-state index in [0.29, 0.717) is 25.6 Å². The van der Waals surface area contributed by atoms with Crippen LogP contribution < -0.4 is 0 Å². The number of carbonyl (C=O) groups is 1. The van der Waals surface area contributed by atoms with Gasteiger partial charge in [-0.15, -0.1) is 0 Å². The monoisotopic (exact) mass is 368 g/mol. The highest BCUT2D eigenvalue weighted by molar-refractivity contribution is 5.91. The van der Waals surface area contributed by atoms with Crippen molar-refractivity contribution in [3.8, 4) is 0 Å². The highest BCUT2D eigenvalue weighted by atomic mass is 16.5. The summed E-state index contributed by atoms with van der Waals surface area (Å²) < 4.78 is 11.8. The highest BCUT2D eigenvalue weighted by Gasteiger charge is 2.49. The Labute approximate surface area is 158 Å². The first-order valence-corrected chi connectivity index (χ1v) is 9.41. The zero-order valence-corrected chi connectivity index (χ0v) is 15.3. The summed E-state index contributed by atoms with van der Waals surface area (Å²) in [5.74, 6) is 0.702. The Balaban J connectivity index is 1.21. The Bertz CT molecular complexity index is 750. The number of carbonyl (C=O) groups excluding carboxylic acids is 1. The van der Waals surface area contributed by atoms with Crippen LogP contribution in [0.15, 0.2) is 43.0 Å².